The fourth-order valence-corrected chi connectivity index (χ4v) is 4.31. The number of carbonyl (C=O) groups is 1. The fraction of sp³-hybridized carbons (Fsp3) is 0.273. The summed E-state index contributed by atoms with van der Waals surface area (Å²) in [7, 11) is 1.58. The summed E-state index contributed by atoms with van der Waals surface area (Å²) in [4.78, 5) is 19.6. The number of fused-ring (bicyclic) bond motifs is 1. The van der Waals surface area contributed by atoms with Crippen molar-refractivity contribution >= 4 is 39.9 Å². The highest BCUT2D eigenvalue weighted by Gasteiger charge is 2.22. The number of carbonyl (C=O) groups excluding carboxylic acids is 1. The number of benzene rings is 2. The third-order valence-electron chi connectivity index (χ3n) is 5.01. The molecule has 1 aliphatic heterocycles. The number of amides is 1. The molecule has 0 saturated carbocycles. The quantitative estimate of drug-likeness (QED) is 0.679. The summed E-state index contributed by atoms with van der Waals surface area (Å²) in [5.41, 5.74) is 3.19. The molecule has 1 saturated heterocycles. The largest absolute Gasteiger partial charge is 0.494 e. The molecule has 2 heterocycles. The van der Waals surface area contributed by atoms with Gasteiger partial charge in [0.15, 0.2) is 0 Å². The predicted molar refractivity (Wildman–Crippen MR) is 116 cm³/mol. The Labute approximate surface area is 173 Å². The molecule has 29 heavy (non-hydrogen) atoms. The molecule has 0 unspecified atom stereocenters. The molecule has 150 valence electrons. The number of nitrogens with zero attached hydrogens (tertiary/aromatic N) is 2. The first-order chi connectivity index (χ1) is 14.1. The molecule has 0 aliphatic carbocycles. The predicted octanol–water partition coefficient (Wildman–Crippen LogP) is 4.62. The summed E-state index contributed by atoms with van der Waals surface area (Å²) in [6.07, 6.45) is 0. The molecule has 5 nitrogen and oxygen atoms in total. The zero-order valence-corrected chi connectivity index (χ0v) is 17.2. The number of hydrogen-bond acceptors (Lipinski definition) is 5. The molecule has 1 amide bonds. The van der Waals surface area contributed by atoms with Crippen molar-refractivity contribution in [3.63, 3.8) is 0 Å². The van der Waals surface area contributed by atoms with Crippen LogP contribution in [0.1, 0.15) is 16.1 Å². The van der Waals surface area contributed by atoms with Crippen molar-refractivity contribution in [2.75, 3.05) is 37.0 Å². The van der Waals surface area contributed by atoms with Crippen LogP contribution in [0.2, 0.25) is 0 Å². The summed E-state index contributed by atoms with van der Waals surface area (Å²) < 4.78 is 19.3. The van der Waals surface area contributed by atoms with Crippen LogP contribution in [-0.4, -0.2) is 47.5 Å². The Morgan fingerprint density at radius 3 is 2.72 bits per heavy atom. The Kier molecular flexibility index (Phi) is 5.58. The lowest BCUT2D eigenvalue weighted by molar-refractivity contribution is 0.0767. The smallest absolute Gasteiger partial charge is 0.272 e. The van der Waals surface area contributed by atoms with E-state index in [1.54, 1.807) is 19.2 Å². The van der Waals surface area contributed by atoms with Crippen molar-refractivity contribution < 1.29 is 13.9 Å². The summed E-state index contributed by atoms with van der Waals surface area (Å²) >= 11 is 1.85. The van der Waals surface area contributed by atoms with Gasteiger partial charge in [0.2, 0.25) is 0 Å². The highest BCUT2D eigenvalue weighted by atomic mass is 32.2. The second kappa shape index (κ2) is 8.29. The van der Waals surface area contributed by atoms with Crippen LogP contribution in [0.25, 0.3) is 10.9 Å². The molecular formula is C22H22FN3O2S. The lowest BCUT2D eigenvalue weighted by atomic mass is 10.1. The number of aromatic nitrogens is 1. The minimum absolute atomic E-state index is 0.0999. The van der Waals surface area contributed by atoms with E-state index in [-0.39, 0.29) is 11.7 Å². The van der Waals surface area contributed by atoms with Crippen molar-refractivity contribution in [3.8, 4) is 5.75 Å². The first-order valence-corrected chi connectivity index (χ1v) is 10.6. The Morgan fingerprint density at radius 1 is 1.17 bits per heavy atom. The number of rotatable bonds is 4. The van der Waals surface area contributed by atoms with Crippen LogP contribution in [0.15, 0.2) is 42.5 Å². The van der Waals surface area contributed by atoms with Gasteiger partial charge in [0.1, 0.15) is 22.8 Å². The molecule has 0 radical (unpaired) electrons. The molecule has 4 rings (SSSR count). The van der Waals surface area contributed by atoms with Gasteiger partial charge in [0, 0.05) is 35.7 Å². The zero-order chi connectivity index (χ0) is 20.4. The van der Waals surface area contributed by atoms with Gasteiger partial charge in [-0.3, -0.25) is 4.79 Å². The van der Waals surface area contributed by atoms with Crippen molar-refractivity contribution in [1.29, 1.82) is 0 Å². The molecular weight excluding hydrogens is 389 g/mol. The molecule has 1 fully saturated rings. The zero-order valence-electron chi connectivity index (χ0n) is 16.4. The van der Waals surface area contributed by atoms with Crippen molar-refractivity contribution in [2.24, 2.45) is 0 Å². The minimum atomic E-state index is -0.323. The SMILES string of the molecule is COc1cccc2c(Nc3cc(F)ccc3C)cc(C(=O)N3CCSCC3)nc12. The minimum Gasteiger partial charge on any atom is -0.494 e. The maximum absolute atomic E-state index is 13.8. The molecule has 1 N–H and O–H groups in total. The van der Waals surface area contributed by atoms with E-state index in [2.05, 4.69) is 10.3 Å². The Balaban J connectivity index is 1.83. The van der Waals surface area contributed by atoms with Gasteiger partial charge in [-0.05, 0) is 36.8 Å². The second-order valence-corrected chi connectivity index (χ2v) is 8.13. The Bertz CT molecular complexity index is 1070. The standard InChI is InChI=1S/C22H22FN3O2S/c1-14-6-7-15(23)12-17(14)24-18-13-19(22(27)26-8-10-29-11-9-26)25-21-16(18)4-3-5-20(21)28-2/h3-7,12-13H,8-11H2,1-2H3,(H,24,25). The van der Waals surface area contributed by atoms with E-state index in [0.29, 0.717) is 41.4 Å². The molecule has 0 spiro atoms. The van der Waals surface area contributed by atoms with Crippen LogP contribution < -0.4 is 10.1 Å². The number of ether oxygens (including phenoxy) is 1. The van der Waals surface area contributed by atoms with Gasteiger partial charge in [-0.2, -0.15) is 11.8 Å². The average molecular weight is 412 g/mol. The van der Waals surface area contributed by atoms with Gasteiger partial charge in [-0.15, -0.1) is 0 Å². The van der Waals surface area contributed by atoms with Gasteiger partial charge >= 0.3 is 0 Å². The van der Waals surface area contributed by atoms with E-state index in [1.165, 1.54) is 12.1 Å². The molecule has 7 heteroatoms. The number of halogens is 1. The summed E-state index contributed by atoms with van der Waals surface area (Å²) in [5, 5.41) is 4.10. The van der Waals surface area contributed by atoms with Crippen LogP contribution in [0, 0.1) is 12.7 Å². The lowest BCUT2D eigenvalue weighted by Gasteiger charge is -2.26. The van der Waals surface area contributed by atoms with Crippen LogP contribution in [0.3, 0.4) is 0 Å². The van der Waals surface area contributed by atoms with Crippen LogP contribution in [0.5, 0.6) is 5.75 Å². The molecule has 1 aromatic heterocycles. The number of para-hydroxylation sites is 1. The van der Waals surface area contributed by atoms with Gasteiger partial charge in [-0.1, -0.05) is 18.2 Å². The van der Waals surface area contributed by atoms with Gasteiger partial charge < -0.3 is 15.0 Å². The number of nitrogens with one attached hydrogen (secondary N) is 1. The first kappa shape index (κ1) is 19.5. The number of aryl methyl sites for hydroxylation is 1. The third-order valence-corrected chi connectivity index (χ3v) is 5.95. The van der Waals surface area contributed by atoms with Crippen molar-refractivity contribution in [2.45, 2.75) is 6.92 Å². The fourth-order valence-electron chi connectivity index (χ4n) is 3.40. The maximum atomic E-state index is 13.8. The second-order valence-electron chi connectivity index (χ2n) is 6.90. The summed E-state index contributed by atoms with van der Waals surface area (Å²) in [6.45, 7) is 3.32. The number of methoxy groups -OCH3 is 1. The van der Waals surface area contributed by atoms with Crippen LogP contribution in [0.4, 0.5) is 15.8 Å². The van der Waals surface area contributed by atoms with Gasteiger partial charge in [0.25, 0.3) is 5.91 Å². The monoisotopic (exact) mass is 411 g/mol. The number of anilines is 2. The normalized spacial score (nSPS) is 14.1. The summed E-state index contributed by atoms with van der Waals surface area (Å²) in [5.74, 6) is 2.02. The van der Waals surface area contributed by atoms with Gasteiger partial charge in [0.05, 0.1) is 12.8 Å². The van der Waals surface area contributed by atoms with Crippen molar-refractivity contribution in [1.82, 2.24) is 9.88 Å². The van der Waals surface area contributed by atoms with Gasteiger partial charge in [-0.25, -0.2) is 9.37 Å². The Hall–Kier alpha value is -2.80. The number of pyridine rings is 1. The summed E-state index contributed by atoms with van der Waals surface area (Å²) in [6, 6.07) is 11.9. The molecule has 0 bridgehead atoms. The highest BCUT2D eigenvalue weighted by Crippen LogP contribution is 2.33. The van der Waals surface area contributed by atoms with E-state index in [9.17, 15) is 9.18 Å². The number of thioether (sulfide) groups is 1. The molecule has 1 aliphatic rings. The average Bonchev–Trinajstić information content (AvgIpc) is 2.75. The molecule has 0 atom stereocenters. The maximum Gasteiger partial charge on any atom is 0.272 e. The first-order valence-electron chi connectivity index (χ1n) is 9.45. The van der Waals surface area contributed by atoms with Crippen molar-refractivity contribution in [3.05, 3.63) is 59.5 Å². The molecule has 2 aromatic carbocycles. The van der Waals surface area contributed by atoms with Crippen LogP contribution in [-0.2, 0) is 0 Å². The van der Waals surface area contributed by atoms with E-state index in [4.69, 9.17) is 4.74 Å². The number of hydrogen-bond donors (Lipinski definition) is 1. The lowest BCUT2D eigenvalue weighted by Crippen LogP contribution is -2.38. The Morgan fingerprint density at radius 2 is 1.97 bits per heavy atom. The van der Waals surface area contributed by atoms with E-state index in [1.807, 2.05) is 41.8 Å². The van der Waals surface area contributed by atoms with Crippen LogP contribution >= 0.6 is 11.8 Å². The molecule has 3 aromatic rings. The van der Waals surface area contributed by atoms with E-state index in [0.717, 1.165) is 22.5 Å². The topological polar surface area (TPSA) is 54.5 Å². The third kappa shape index (κ3) is 4.00. The van der Waals surface area contributed by atoms with E-state index >= 15 is 0 Å². The van der Waals surface area contributed by atoms with E-state index < -0.39 is 0 Å². The highest BCUT2D eigenvalue weighted by molar-refractivity contribution is 7.99.